The molecule has 0 fully saturated rings. The van der Waals surface area contributed by atoms with Crippen LogP contribution in [0, 0.1) is 5.82 Å². The molecule has 0 amide bonds. The van der Waals surface area contributed by atoms with E-state index in [1.807, 2.05) is 53.1 Å². The van der Waals surface area contributed by atoms with Crippen molar-refractivity contribution in [1.82, 2.24) is 9.55 Å². The summed E-state index contributed by atoms with van der Waals surface area (Å²) < 4.78 is 16.7. The van der Waals surface area contributed by atoms with Crippen molar-refractivity contribution in [3.63, 3.8) is 0 Å². The lowest BCUT2D eigenvalue weighted by molar-refractivity contribution is 0.569. The van der Waals surface area contributed by atoms with Gasteiger partial charge in [0.05, 0.1) is 16.1 Å². The first-order valence-corrected chi connectivity index (χ1v) is 8.38. The Balaban J connectivity index is 1.87. The first kappa shape index (κ1) is 14.5. The van der Waals surface area contributed by atoms with Crippen molar-refractivity contribution in [3.8, 4) is 11.4 Å². The smallest absolute Gasteiger partial charge is 0.145 e. The van der Waals surface area contributed by atoms with E-state index in [0.717, 1.165) is 28.1 Å². The topological polar surface area (TPSA) is 29.9 Å². The molecule has 122 valence electrons. The summed E-state index contributed by atoms with van der Waals surface area (Å²) in [5, 5.41) is 3.82. The molecule has 0 bridgehead atoms. The molecular weight excluding hydrogens is 337 g/mol. The van der Waals surface area contributed by atoms with E-state index in [4.69, 9.17) is 16.6 Å². The molecule has 0 saturated heterocycles. The number of halogens is 2. The standard InChI is InChI=1S/C20H13ClFN3/c21-13-7-5-8-14(22)18(13)20-23-15-9-2-1-6-12(15)19-24-16-10-3-4-11-17(16)25(19)20/h1-11,20,23H. The predicted octanol–water partition coefficient (Wildman–Crippen LogP) is 5.47. The number of aromatic nitrogens is 2. The SMILES string of the molecule is Fc1cccc(Cl)c1C1Nc2ccccc2-c2nc3ccccc3n21. The van der Waals surface area contributed by atoms with Crippen molar-refractivity contribution in [2.75, 3.05) is 5.32 Å². The fourth-order valence-corrected chi connectivity index (χ4v) is 3.75. The van der Waals surface area contributed by atoms with Gasteiger partial charge in [-0.25, -0.2) is 9.37 Å². The average Bonchev–Trinajstić information content (AvgIpc) is 3.01. The van der Waals surface area contributed by atoms with Gasteiger partial charge in [0.25, 0.3) is 0 Å². The molecule has 2 heterocycles. The highest BCUT2D eigenvalue weighted by atomic mass is 35.5. The van der Waals surface area contributed by atoms with Crippen molar-refractivity contribution in [2.45, 2.75) is 6.17 Å². The van der Waals surface area contributed by atoms with E-state index in [1.165, 1.54) is 6.07 Å². The first-order chi connectivity index (χ1) is 12.2. The number of nitrogens with one attached hydrogen (secondary N) is 1. The predicted molar refractivity (Wildman–Crippen MR) is 98.3 cm³/mol. The third-order valence-electron chi connectivity index (χ3n) is 4.59. The minimum absolute atomic E-state index is 0.340. The summed E-state index contributed by atoms with van der Waals surface area (Å²) in [5.74, 6) is 0.466. The number of imidazole rings is 1. The monoisotopic (exact) mass is 349 g/mol. The van der Waals surface area contributed by atoms with Crippen LogP contribution in [0.3, 0.4) is 0 Å². The Kier molecular flexibility index (Phi) is 3.09. The molecule has 1 unspecified atom stereocenters. The number of benzene rings is 3. The minimum atomic E-state index is -0.467. The lowest BCUT2D eigenvalue weighted by Crippen LogP contribution is -2.26. The number of rotatable bonds is 1. The molecule has 1 atom stereocenters. The third-order valence-corrected chi connectivity index (χ3v) is 4.92. The van der Waals surface area contributed by atoms with E-state index in [-0.39, 0.29) is 5.82 Å². The molecule has 0 saturated carbocycles. The van der Waals surface area contributed by atoms with E-state index in [1.54, 1.807) is 12.1 Å². The Morgan fingerprint density at radius 1 is 0.960 bits per heavy atom. The van der Waals surface area contributed by atoms with Gasteiger partial charge in [-0.15, -0.1) is 0 Å². The van der Waals surface area contributed by atoms with Crippen LogP contribution in [0.25, 0.3) is 22.4 Å². The molecule has 1 N–H and O–H groups in total. The Bertz CT molecular complexity index is 1100. The maximum atomic E-state index is 14.7. The highest BCUT2D eigenvalue weighted by Gasteiger charge is 2.30. The fraction of sp³-hybridized carbons (Fsp3) is 0.0500. The molecule has 1 aromatic heterocycles. The molecule has 1 aliphatic heterocycles. The van der Waals surface area contributed by atoms with Crippen LogP contribution in [0.2, 0.25) is 5.02 Å². The molecule has 0 spiro atoms. The Morgan fingerprint density at radius 3 is 2.64 bits per heavy atom. The van der Waals surface area contributed by atoms with Gasteiger partial charge in [0.15, 0.2) is 0 Å². The van der Waals surface area contributed by atoms with Gasteiger partial charge in [-0.05, 0) is 36.4 Å². The molecular formula is C20H13ClFN3. The number of anilines is 1. The van der Waals surface area contributed by atoms with E-state index >= 15 is 0 Å². The summed E-state index contributed by atoms with van der Waals surface area (Å²) in [6.07, 6.45) is -0.467. The molecule has 3 nitrogen and oxygen atoms in total. The molecule has 5 rings (SSSR count). The van der Waals surface area contributed by atoms with Gasteiger partial charge in [-0.3, -0.25) is 4.57 Å². The van der Waals surface area contributed by atoms with Crippen molar-refractivity contribution >= 4 is 28.3 Å². The van der Waals surface area contributed by atoms with Gasteiger partial charge < -0.3 is 5.32 Å². The van der Waals surface area contributed by atoms with Crippen LogP contribution in [0.15, 0.2) is 66.7 Å². The van der Waals surface area contributed by atoms with E-state index in [0.29, 0.717) is 10.6 Å². The van der Waals surface area contributed by atoms with Gasteiger partial charge >= 0.3 is 0 Å². The lowest BCUT2D eigenvalue weighted by atomic mass is 10.1. The fourth-order valence-electron chi connectivity index (χ4n) is 3.48. The highest BCUT2D eigenvalue weighted by molar-refractivity contribution is 6.31. The number of para-hydroxylation sites is 3. The van der Waals surface area contributed by atoms with Gasteiger partial charge in [0, 0.05) is 16.8 Å². The third kappa shape index (κ3) is 2.07. The second kappa shape index (κ2) is 5.33. The van der Waals surface area contributed by atoms with Gasteiger partial charge in [0.1, 0.15) is 17.8 Å². The second-order valence-corrected chi connectivity index (χ2v) is 6.43. The van der Waals surface area contributed by atoms with Crippen molar-refractivity contribution in [3.05, 3.63) is 83.1 Å². The second-order valence-electron chi connectivity index (χ2n) is 6.02. The molecule has 0 aliphatic carbocycles. The van der Waals surface area contributed by atoms with Crippen LogP contribution in [0.1, 0.15) is 11.7 Å². The van der Waals surface area contributed by atoms with Gasteiger partial charge in [0.2, 0.25) is 0 Å². The Hall–Kier alpha value is -2.85. The van der Waals surface area contributed by atoms with Gasteiger partial charge in [-0.1, -0.05) is 41.9 Å². The van der Waals surface area contributed by atoms with E-state index in [9.17, 15) is 4.39 Å². The molecule has 3 aromatic carbocycles. The van der Waals surface area contributed by atoms with Crippen molar-refractivity contribution < 1.29 is 4.39 Å². The van der Waals surface area contributed by atoms with Crippen molar-refractivity contribution in [2.24, 2.45) is 0 Å². The van der Waals surface area contributed by atoms with E-state index < -0.39 is 6.17 Å². The normalized spacial score (nSPS) is 15.5. The summed E-state index contributed by atoms with van der Waals surface area (Å²) in [5.41, 5.74) is 4.12. The zero-order chi connectivity index (χ0) is 17.0. The summed E-state index contributed by atoms with van der Waals surface area (Å²) in [6.45, 7) is 0. The first-order valence-electron chi connectivity index (χ1n) is 8.01. The quantitative estimate of drug-likeness (QED) is 0.494. The Labute approximate surface area is 148 Å². The van der Waals surface area contributed by atoms with Crippen molar-refractivity contribution in [1.29, 1.82) is 0 Å². The van der Waals surface area contributed by atoms with Crippen LogP contribution in [0.4, 0.5) is 10.1 Å². The lowest BCUT2D eigenvalue weighted by Gasteiger charge is -2.31. The highest BCUT2D eigenvalue weighted by Crippen LogP contribution is 2.42. The van der Waals surface area contributed by atoms with Gasteiger partial charge in [-0.2, -0.15) is 0 Å². The van der Waals surface area contributed by atoms with E-state index in [2.05, 4.69) is 5.32 Å². The number of hydrogen-bond donors (Lipinski definition) is 1. The molecule has 0 radical (unpaired) electrons. The molecule has 25 heavy (non-hydrogen) atoms. The van der Waals surface area contributed by atoms with Crippen LogP contribution < -0.4 is 5.32 Å². The zero-order valence-electron chi connectivity index (χ0n) is 13.1. The average molecular weight is 350 g/mol. The van der Waals surface area contributed by atoms with Crippen LogP contribution in [0.5, 0.6) is 0 Å². The molecule has 4 aromatic rings. The summed E-state index contributed by atoms with van der Waals surface area (Å²) in [7, 11) is 0. The van der Waals surface area contributed by atoms with Crippen LogP contribution >= 0.6 is 11.6 Å². The summed E-state index contributed by atoms with van der Waals surface area (Å²) in [6, 6.07) is 20.5. The summed E-state index contributed by atoms with van der Waals surface area (Å²) in [4.78, 5) is 4.79. The summed E-state index contributed by atoms with van der Waals surface area (Å²) >= 11 is 6.36. The number of nitrogens with zero attached hydrogens (tertiary/aromatic N) is 2. The maximum Gasteiger partial charge on any atom is 0.145 e. The molecule has 1 aliphatic rings. The van der Waals surface area contributed by atoms with Crippen LogP contribution in [-0.2, 0) is 0 Å². The largest absolute Gasteiger partial charge is 0.360 e. The van der Waals surface area contributed by atoms with Crippen LogP contribution in [-0.4, -0.2) is 9.55 Å². The number of fused-ring (bicyclic) bond motifs is 5. The minimum Gasteiger partial charge on any atom is -0.360 e. The maximum absolute atomic E-state index is 14.7. The molecule has 5 heteroatoms. The zero-order valence-corrected chi connectivity index (χ0v) is 13.8. The number of hydrogen-bond acceptors (Lipinski definition) is 2. The Morgan fingerprint density at radius 2 is 1.76 bits per heavy atom.